The van der Waals surface area contributed by atoms with Crippen LogP contribution in [0.25, 0.3) is 0 Å². The van der Waals surface area contributed by atoms with Gasteiger partial charge in [-0.1, -0.05) is 30.3 Å². The second kappa shape index (κ2) is 7.05. The predicted octanol–water partition coefficient (Wildman–Crippen LogP) is 3.97. The number of amides is 1. The molecule has 1 aromatic rings. The SMILES string of the molecule is CC(C)(C)OC(=O)N(Cc1ccccc1)C1CCC(F)(F)C(O)C1. The highest BCUT2D eigenvalue weighted by molar-refractivity contribution is 5.68. The van der Waals surface area contributed by atoms with Gasteiger partial charge in [0.15, 0.2) is 0 Å². The molecule has 6 heteroatoms. The third kappa shape index (κ3) is 4.90. The van der Waals surface area contributed by atoms with Crippen LogP contribution in [0.4, 0.5) is 13.6 Å². The van der Waals surface area contributed by atoms with E-state index in [2.05, 4.69) is 0 Å². The summed E-state index contributed by atoms with van der Waals surface area (Å²) in [5, 5.41) is 9.71. The average Bonchev–Trinajstić information content (AvgIpc) is 2.47. The Balaban J connectivity index is 2.18. The van der Waals surface area contributed by atoms with Crippen molar-refractivity contribution in [3.63, 3.8) is 0 Å². The zero-order valence-electron chi connectivity index (χ0n) is 14.3. The van der Waals surface area contributed by atoms with Gasteiger partial charge in [-0.25, -0.2) is 13.6 Å². The zero-order chi connectivity index (χ0) is 18.0. The van der Waals surface area contributed by atoms with E-state index >= 15 is 0 Å². The minimum Gasteiger partial charge on any atom is -0.444 e. The molecule has 2 atom stereocenters. The van der Waals surface area contributed by atoms with Crippen LogP contribution < -0.4 is 0 Å². The standard InChI is InChI=1S/C18H25F2NO3/c1-17(2,3)24-16(23)21(12-13-7-5-4-6-8-13)14-9-10-18(19,20)15(22)11-14/h4-8,14-15,22H,9-12H2,1-3H3. The first-order valence-corrected chi connectivity index (χ1v) is 8.18. The van der Waals surface area contributed by atoms with E-state index in [0.717, 1.165) is 5.56 Å². The third-order valence-electron chi connectivity index (χ3n) is 4.06. The molecule has 1 fully saturated rings. The first kappa shape index (κ1) is 18.6. The number of carbonyl (C=O) groups is 1. The smallest absolute Gasteiger partial charge is 0.410 e. The number of benzene rings is 1. The summed E-state index contributed by atoms with van der Waals surface area (Å²) in [5.74, 6) is -3.09. The second-order valence-corrected chi connectivity index (χ2v) is 7.30. The Bertz CT molecular complexity index is 557. The molecule has 0 radical (unpaired) electrons. The molecule has 1 amide bonds. The van der Waals surface area contributed by atoms with Gasteiger partial charge in [-0.05, 0) is 39.2 Å². The van der Waals surface area contributed by atoms with E-state index in [1.54, 1.807) is 20.8 Å². The molecule has 1 aromatic carbocycles. The largest absolute Gasteiger partial charge is 0.444 e. The van der Waals surface area contributed by atoms with Crippen molar-refractivity contribution in [2.45, 2.75) is 70.2 Å². The van der Waals surface area contributed by atoms with Crippen LogP contribution in [0.2, 0.25) is 0 Å². The van der Waals surface area contributed by atoms with Crippen molar-refractivity contribution in [2.24, 2.45) is 0 Å². The normalized spacial score (nSPS) is 23.6. The van der Waals surface area contributed by atoms with Crippen molar-refractivity contribution >= 4 is 6.09 Å². The number of aliphatic hydroxyl groups is 1. The third-order valence-corrected chi connectivity index (χ3v) is 4.06. The van der Waals surface area contributed by atoms with Crippen molar-refractivity contribution < 1.29 is 23.4 Å². The molecule has 0 heterocycles. The summed E-state index contributed by atoms with van der Waals surface area (Å²) in [6.07, 6.45) is -2.74. The summed E-state index contributed by atoms with van der Waals surface area (Å²) in [6.45, 7) is 5.54. The molecule has 0 bridgehead atoms. The monoisotopic (exact) mass is 341 g/mol. The molecular formula is C18H25F2NO3. The van der Waals surface area contributed by atoms with Gasteiger partial charge in [0.1, 0.15) is 11.7 Å². The number of aliphatic hydroxyl groups excluding tert-OH is 1. The average molecular weight is 341 g/mol. The fraction of sp³-hybridized carbons (Fsp3) is 0.611. The van der Waals surface area contributed by atoms with Gasteiger partial charge < -0.3 is 14.7 Å². The first-order valence-electron chi connectivity index (χ1n) is 8.18. The van der Waals surface area contributed by atoms with E-state index in [-0.39, 0.29) is 19.4 Å². The summed E-state index contributed by atoms with van der Waals surface area (Å²) < 4.78 is 32.5. The van der Waals surface area contributed by atoms with Crippen LogP contribution in [0, 0.1) is 0 Å². The summed E-state index contributed by atoms with van der Waals surface area (Å²) in [4.78, 5) is 14.0. The molecular weight excluding hydrogens is 316 g/mol. The second-order valence-electron chi connectivity index (χ2n) is 7.30. The van der Waals surface area contributed by atoms with E-state index in [0.29, 0.717) is 0 Å². The van der Waals surface area contributed by atoms with E-state index in [4.69, 9.17) is 4.74 Å². The first-order chi connectivity index (χ1) is 11.1. The van der Waals surface area contributed by atoms with Gasteiger partial charge >= 0.3 is 6.09 Å². The minimum absolute atomic E-state index is 0.135. The highest BCUT2D eigenvalue weighted by Crippen LogP contribution is 2.36. The lowest BCUT2D eigenvalue weighted by Gasteiger charge is -2.39. The van der Waals surface area contributed by atoms with Crippen LogP contribution in [0.5, 0.6) is 0 Å². The molecule has 1 saturated carbocycles. The molecule has 1 aliphatic rings. The lowest BCUT2D eigenvalue weighted by Crippen LogP contribution is -2.50. The van der Waals surface area contributed by atoms with E-state index in [9.17, 15) is 18.7 Å². The number of hydrogen-bond donors (Lipinski definition) is 1. The number of carbonyl (C=O) groups excluding carboxylic acids is 1. The molecule has 0 aromatic heterocycles. The Hall–Kier alpha value is -1.69. The van der Waals surface area contributed by atoms with Crippen LogP contribution in [-0.2, 0) is 11.3 Å². The summed E-state index contributed by atoms with van der Waals surface area (Å²) in [5.41, 5.74) is 0.207. The molecule has 0 saturated heterocycles. The fourth-order valence-electron chi connectivity index (χ4n) is 2.80. The van der Waals surface area contributed by atoms with Gasteiger partial charge in [0, 0.05) is 19.0 Å². The summed E-state index contributed by atoms with van der Waals surface area (Å²) in [6, 6.07) is 8.83. The fourth-order valence-corrected chi connectivity index (χ4v) is 2.80. The lowest BCUT2D eigenvalue weighted by molar-refractivity contribution is -0.145. The van der Waals surface area contributed by atoms with Crippen LogP contribution in [0.15, 0.2) is 30.3 Å². The van der Waals surface area contributed by atoms with Gasteiger partial charge in [0.05, 0.1) is 0 Å². The predicted molar refractivity (Wildman–Crippen MR) is 86.8 cm³/mol. The van der Waals surface area contributed by atoms with Crippen molar-refractivity contribution in [1.29, 1.82) is 0 Å². The number of halogens is 2. The maximum atomic E-state index is 13.5. The maximum absolute atomic E-state index is 13.5. The number of hydrogen-bond acceptors (Lipinski definition) is 3. The minimum atomic E-state index is -3.09. The van der Waals surface area contributed by atoms with Gasteiger partial charge in [0.25, 0.3) is 5.92 Å². The van der Waals surface area contributed by atoms with E-state index in [1.807, 2.05) is 30.3 Å². The Morgan fingerprint density at radius 1 is 1.33 bits per heavy atom. The number of rotatable bonds is 3. The molecule has 134 valence electrons. The highest BCUT2D eigenvalue weighted by atomic mass is 19.3. The van der Waals surface area contributed by atoms with Crippen LogP contribution in [-0.4, -0.2) is 39.8 Å². The Morgan fingerprint density at radius 3 is 2.50 bits per heavy atom. The maximum Gasteiger partial charge on any atom is 0.410 e. The number of ether oxygens (including phenoxy) is 1. The molecule has 2 unspecified atom stereocenters. The van der Waals surface area contributed by atoms with Crippen molar-refractivity contribution in [2.75, 3.05) is 0 Å². The number of nitrogens with zero attached hydrogens (tertiary/aromatic N) is 1. The van der Waals surface area contributed by atoms with Crippen LogP contribution in [0.3, 0.4) is 0 Å². The van der Waals surface area contributed by atoms with Crippen molar-refractivity contribution in [3.05, 3.63) is 35.9 Å². The van der Waals surface area contributed by atoms with Gasteiger partial charge in [-0.15, -0.1) is 0 Å². The molecule has 1 aliphatic carbocycles. The van der Waals surface area contributed by atoms with Crippen LogP contribution >= 0.6 is 0 Å². The van der Waals surface area contributed by atoms with Gasteiger partial charge in [-0.2, -0.15) is 0 Å². The Kier molecular flexibility index (Phi) is 5.48. The number of alkyl halides is 2. The summed E-state index contributed by atoms with van der Waals surface area (Å²) in [7, 11) is 0. The van der Waals surface area contributed by atoms with Crippen molar-refractivity contribution in [3.8, 4) is 0 Å². The highest BCUT2D eigenvalue weighted by Gasteiger charge is 2.46. The van der Waals surface area contributed by atoms with Crippen LogP contribution in [0.1, 0.15) is 45.6 Å². The topological polar surface area (TPSA) is 49.8 Å². The van der Waals surface area contributed by atoms with E-state index < -0.39 is 36.2 Å². The quantitative estimate of drug-likeness (QED) is 0.905. The molecule has 2 rings (SSSR count). The molecule has 4 nitrogen and oxygen atoms in total. The Morgan fingerprint density at radius 2 is 1.96 bits per heavy atom. The zero-order valence-corrected chi connectivity index (χ0v) is 14.3. The Labute approximate surface area is 141 Å². The molecule has 0 spiro atoms. The van der Waals surface area contributed by atoms with Gasteiger partial charge in [0.2, 0.25) is 0 Å². The molecule has 0 aliphatic heterocycles. The molecule has 1 N–H and O–H groups in total. The summed E-state index contributed by atoms with van der Waals surface area (Å²) >= 11 is 0. The lowest BCUT2D eigenvalue weighted by atomic mass is 9.88. The van der Waals surface area contributed by atoms with Crippen molar-refractivity contribution in [1.82, 2.24) is 4.90 Å². The molecule has 24 heavy (non-hydrogen) atoms. The van der Waals surface area contributed by atoms with Gasteiger partial charge in [-0.3, -0.25) is 0 Å². The van der Waals surface area contributed by atoms with E-state index in [1.165, 1.54) is 4.90 Å².